The van der Waals surface area contributed by atoms with Gasteiger partial charge in [0.2, 0.25) is 0 Å². The van der Waals surface area contributed by atoms with E-state index in [0.29, 0.717) is 39.3 Å². The van der Waals surface area contributed by atoms with E-state index in [1.807, 2.05) is 13.0 Å². The Morgan fingerprint density at radius 1 is 1.28 bits per heavy atom. The number of halogens is 1. The van der Waals surface area contributed by atoms with Crippen LogP contribution in [0.5, 0.6) is 0 Å². The highest BCUT2D eigenvalue weighted by atomic mass is 79.9. The van der Waals surface area contributed by atoms with Crippen LogP contribution in [0.15, 0.2) is 33.3 Å². The second-order valence-corrected chi connectivity index (χ2v) is 12.1. The van der Waals surface area contributed by atoms with E-state index >= 15 is 0 Å². The number of carbonyl (C=O) groups is 2. The molecular formula is C29H36BrN3O6. The highest BCUT2D eigenvalue weighted by Crippen LogP contribution is 2.48. The molecule has 3 N–H and O–H groups in total. The van der Waals surface area contributed by atoms with E-state index < -0.39 is 11.8 Å². The van der Waals surface area contributed by atoms with Crippen molar-refractivity contribution in [2.24, 2.45) is 23.7 Å². The Morgan fingerprint density at radius 2 is 2.05 bits per heavy atom. The van der Waals surface area contributed by atoms with Gasteiger partial charge in [-0.2, -0.15) is 0 Å². The van der Waals surface area contributed by atoms with Gasteiger partial charge in [-0.15, -0.1) is 0 Å². The summed E-state index contributed by atoms with van der Waals surface area (Å²) in [5.74, 6) is -1.19. The summed E-state index contributed by atoms with van der Waals surface area (Å²) in [5, 5.41) is 12.8. The molecule has 2 aromatic heterocycles. The van der Waals surface area contributed by atoms with E-state index in [4.69, 9.17) is 13.9 Å². The smallest absolute Gasteiger partial charge is 0.340 e. The summed E-state index contributed by atoms with van der Waals surface area (Å²) in [6, 6.07) is 5.36. The fourth-order valence-corrected chi connectivity index (χ4v) is 6.94. The number of carboxylic acid groups (broad SMARTS) is 1. The third kappa shape index (κ3) is 5.02. The van der Waals surface area contributed by atoms with E-state index in [-0.39, 0.29) is 47.2 Å². The molecule has 2 unspecified atom stereocenters. The Balaban J connectivity index is 1.40. The molecule has 0 radical (unpaired) electrons. The number of anilines is 1. The van der Waals surface area contributed by atoms with Crippen LogP contribution in [0.1, 0.15) is 73.7 Å². The highest BCUT2D eigenvalue weighted by molar-refractivity contribution is 9.10. The van der Waals surface area contributed by atoms with Crippen molar-refractivity contribution in [1.82, 2.24) is 9.97 Å². The van der Waals surface area contributed by atoms with Gasteiger partial charge < -0.3 is 29.3 Å². The average molecular weight is 603 g/mol. The van der Waals surface area contributed by atoms with Gasteiger partial charge in [-0.05, 0) is 58.8 Å². The zero-order valence-electron chi connectivity index (χ0n) is 22.9. The molecule has 2 fully saturated rings. The van der Waals surface area contributed by atoms with Gasteiger partial charge in [0.1, 0.15) is 11.1 Å². The lowest BCUT2D eigenvalue weighted by atomic mass is 9.75. The molecule has 3 aromatic rings. The number of carboxylic acids is 1. The molecule has 7 atom stereocenters. The average Bonchev–Trinajstić information content (AvgIpc) is 3.56. The van der Waals surface area contributed by atoms with Crippen LogP contribution in [-0.2, 0) is 15.9 Å². The molecule has 0 amide bonds. The molecule has 210 valence electrons. The van der Waals surface area contributed by atoms with Crippen molar-refractivity contribution in [2.45, 2.75) is 71.4 Å². The van der Waals surface area contributed by atoms with E-state index in [0.717, 1.165) is 19.3 Å². The SMILES string of the molecule is CNc1c(Br)cc2oc(C[C@@H]3OC4(CC[C@@H]3C)O[C@H](C(C)C(=O)c3ccc[nH]3)[C@H](C)C[C@H]4C)nc2c1C(=O)O. The minimum absolute atomic E-state index is 0.0371. The molecule has 0 aliphatic carbocycles. The van der Waals surface area contributed by atoms with Crippen molar-refractivity contribution in [2.75, 3.05) is 12.4 Å². The molecule has 2 saturated heterocycles. The minimum Gasteiger partial charge on any atom is -0.478 e. The molecular weight excluding hydrogens is 566 g/mol. The number of hydrogen-bond donors (Lipinski definition) is 3. The maximum atomic E-state index is 13.2. The highest BCUT2D eigenvalue weighted by Gasteiger charge is 2.52. The summed E-state index contributed by atoms with van der Waals surface area (Å²) >= 11 is 3.43. The van der Waals surface area contributed by atoms with Crippen molar-refractivity contribution in [1.29, 1.82) is 0 Å². The number of nitrogens with zero attached hydrogens (tertiary/aromatic N) is 1. The second-order valence-electron chi connectivity index (χ2n) is 11.2. The molecule has 2 aliphatic heterocycles. The summed E-state index contributed by atoms with van der Waals surface area (Å²) in [5.41, 5.74) is 1.80. The molecule has 1 spiro atoms. The van der Waals surface area contributed by atoms with Crippen molar-refractivity contribution in [3.8, 4) is 0 Å². The van der Waals surface area contributed by atoms with Gasteiger partial charge in [-0.1, -0.05) is 27.7 Å². The minimum atomic E-state index is -1.08. The summed E-state index contributed by atoms with van der Waals surface area (Å²) in [6.45, 7) is 8.38. The van der Waals surface area contributed by atoms with Crippen LogP contribution in [0.25, 0.3) is 11.1 Å². The fourth-order valence-electron chi connectivity index (χ4n) is 6.34. The molecule has 10 heteroatoms. The first kappa shape index (κ1) is 27.9. The normalized spacial score (nSPS) is 29.9. The van der Waals surface area contributed by atoms with Crippen LogP contribution in [0.3, 0.4) is 0 Å². The molecule has 9 nitrogen and oxygen atoms in total. The van der Waals surface area contributed by atoms with Crippen LogP contribution in [0, 0.1) is 23.7 Å². The fraction of sp³-hybridized carbons (Fsp3) is 0.552. The van der Waals surface area contributed by atoms with Gasteiger partial charge in [0, 0.05) is 36.0 Å². The molecule has 39 heavy (non-hydrogen) atoms. The van der Waals surface area contributed by atoms with Crippen molar-refractivity contribution < 1.29 is 28.6 Å². The molecule has 0 bridgehead atoms. The quantitative estimate of drug-likeness (QED) is 0.269. The number of carbonyl (C=O) groups excluding carboxylic acids is 1. The number of rotatable bonds is 7. The van der Waals surface area contributed by atoms with Crippen molar-refractivity contribution >= 4 is 44.5 Å². The van der Waals surface area contributed by atoms with Gasteiger partial charge in [0.05, 0.1) is 30.0 Å². The first-order valence-corrected chi connectivity index (χ1v) is 14.4. The van der Waals surface area contributed by atoms with Crippen molar-refractivity contribution in [3.63, 3.8) is 0 Å². The summed E-state index contributed by atoms with van der Waals surface area (Å²) in [7, 11) is 1.67. The number of nitrogens with one attached hydrogen (secondary N) is 2. The standard InChI is InChI=1S/C29H36BrN3O6/c1-14-8-9-29(16(3)11-15(2)27(39-29)17(4)26(34)19-7-6-10-32-19)38-20(14)13-22-33-25-21(37-22)12-18(30)24(31-5)23(25)28(35)36/h6-7,10,12,14-17,20,27,31-32H,8-9,11,13H2,1-5H3,(H,35,36)/t14-,15+,16+,17?,20-,27-,29?/m0/s1. The zero-order chi connectivity index (χ0) is 28.1. The molecule has 5 rings (SSSR count). The van der Waals surface area contributed by atoms with E-state index in [2.05, 4.69) is 52.0 Å². The number of aromatic amines is 1. The molecule has 4 heterocycles. The van der Waals surface area contributed by atoms with Gasteiger partial charge >= 0.3 is 5.97 Å². The lowest BCUT2D eigenvalue weighted by Crippen LogP contribution is -2.58. The van der Waals surface area contributed by atoms with Gasteiger partial charge in [0.15, 0.2) is 23.0 Å². The Morgan fingerprint density at radius 3 is 2.72 bits per heavy atom. The number of Topliss-reactive ketones (excluding diaryl/α,β-unsaturated/α-hetero) is 1. The summed E-state index contributed by atoms with van der Waals surface area (Å²) in [4.78, 5) is 32.9. The van der Waals surface area contributed by atoms with Gasteiger partial charge in [0.25, 0.3) is 0 Å². The third-order valence-electron chi connectivity index (χ3n) is 8.60. The summed E-state index contributed by atoms with van der Waals surface area (Å²) in [6.07, 6.45) is 4.16. The largest absolute Gasteiger partial charge is 0.478 e. The van der Waals surface area contributed by atoms with Gasteiger partial charge in [-0.25, -0.2) is 9.78 Å². The van der Waals surface area contributed by atoms with E-state index in [1.165, 1.54) is 0 Å². The Kier molecular flexibility index (Phi) is 7.65. The predicted octanol–water partition coefficient (Wildman–Crippen LogP) is 6.29. The maximum Gasteiger partial charge on any atom is 0.340 e. The predicted molar refractivity (Wildman–Crippen MR) is 150 cm³/mol. The van der Waals surface area contributed by atoms with Crippen LogP contribution in [0.4, 0.5) is 5.69 Å². The number of hydrogen-bond acceptors (Lipinski definition) is 7. The number of ketones is 1. The Bertz CT molecular complexity index is 1370. The van der Waals surface area contributed by atoms with E-state index in [9.17, 15) is 14.7 Å². The zero-order valence-corrected chi connectivity index (χ0v) is 24.5. The Hall–Kier alpha value is -2.69. The lowest BCUT2D eigenvalue weighted by Gasteiger charge is -2.53. The number of H-pyrrole nitrogens is 1. The second kappa shape index (κ2) is 10.7. The van der Waals surface area contributed by atoms with Crippen LogP contribution >= 0.6 is 15.9 Å². The van der Waals surface area contributed by atoms with Crippen LogP contribution in [0.2, 0.25) is 0 Å². The molecule has 1 aromatic carbocycles. The first-order chi connectivity index (χ1) is 18.5. The number of aromatic carboxylic acids is 1. The topological polar surface area (TPSA) is 127 Å². The maximum absolute atomic E-state index is 13.2. The number of aromatic nitrogens is 2. The monoisotopic (exact) mass is 601 g/mol. The van der Waals surface area contributed by atoms with Crippen LogP contribution in [-0.4, -0.2) is 51.9 Å². The first-order valence-electron chi connectivity index (χ1n) is 13.6. The molecule has 0 saturated carbocycles. The van der Waals surface area contributed by atoms with Gasteiger partial charge in [-0.3, -0.25) is 4.79 Å². The lowest BCUT2D eigenvalue weighted by molar-refractivity contribution is -0.355. The van der Waals surface area contributed by atoms with Crippen LogP contribution < -0.4 is 5.32 Å². The summed E-state index contributed by atoms with van der Waals surface area (Å²) < 4.78 is 20.2. The number of oxazole rings is 1. The number of ether oxygens (including phenoxy) is 2. The van der Waals surface area contributed by atoms with Crippen molar-refractivity contribution in [3.05, 3.63) is 46.0 Å². The number of fused-ring (bicyclic) bond motifs is 1. The Labute approximate surface area is 236 Å². The third-order valence-corrected chi connectivity index (χ3v) is 9.22. The molecule has 2 aliphatic rings. The number of benzene rings is 1. The van der Waals surface area contributed by atoms with E-state index in [1.54, 1.807) is 25.4 Å².